The zero-order chi connectivity index (χ0) is 15.4. The molecule has 4 nitrogen and oxygen atoms in total. The van der Waals surface area contributed by atoms with Crippen molar-refractivity contribution in [3.05, 3.63) is 28.8 Å². The van der Waals surface area contributed by atoms with Crippen molar-refractivity contribution in [2.24, 2.45) is 0 Å². The summed E-state index contributed by atoms with van der Waals surface area (Å²) in [7, 11) is -1.81. The number of sulfonamides is 1. The lowest BCUT2D eigenvalue weighted by Gasteiger charge is -2.25. The molecule has 0 aromatic heterocycles. The predicted molar refractivity (Wildman–Crippen MR) is 83.5 cm³/mol. The van der Waals surface area contributed by atoms with Crippen LogP contribution in [0, 0.1) is 0 Å². The van der Waals surface area contributed by atoms with E-state index in [-0.39, 0.29) is 9.92 Å². The molecule has 0 aliphatic rings. The second-order valence-corrected chi connectivity index (χ2v) is 7.59. The third-order valence-corrected chi connectivity index (χ3v) is 5.13. The van der Waals surface area contributed by atoms with Gasteiger partial charge in [-0.25, -0.2) is 13.1 Å². The molecule has 0 amide bonds. The van der Waals surface area contributed by atoms with Gasteiger partial charge in [0.15, 0.2) is 0 Å². The van der Waals surface area contributed by atoms with E-state index in [0.717, 1.165) is 18.4 Å². The number of hydrogen-bond acceptors (Lipinski definition) is 3. The predicted octanol–water partition coefficient (Wildman–Crippen LogP) is 2.92. The van der Waals surface area contributed by atoms with Crippen LogP contribution in [0.25, 0.3) is 0 Å². The summed E-state index contributed by atoms with van der Waals surface area (Å²) in [6.07, 6.45) is 1.67. The van der Waals surface area contributed by atoms with E-state index in [2.05, 4.69) is 10.0 Å². The Balaban J connectivity index is 3.11. The van der Waals surface area contributed by atoms with Gasteiger partial charge in [0.25, 0.3) is 0 Å². The van der Waals surface area contributed by atoms with E-state index in [4.69, 9.17) is 11.6 Å². The van der Waals surface area contributed by atoms with Gasteiger partial charge in [0, 0.05) is 12.1 Å². The Labute approximate surface area is 127 Å². The van der Waals surface area contributed by atoms with E-state index in [1.807, 2.05) is 33.9 Å². The van der Waals surface area contributed by atoms with Crippen molar-refractivity contribution in [2.75, 3.05) is 7.05 Å². The molecule has 0 unspecified atom stereocenters. The van der Waals surface area contributed by atoms with Crippen LogP contribution in [-0.2, 0) is 16.6 Å². The first kappa shape index (κ1) is 17.4. The van der Waals surface area contributed by atoms with Crippen LogP contribution in [0.15, 0.2) is 23.1 Å². The van der Waals surface area contributed by atoms with Gasteiger partial charge in [-0.3, -0.25) is 0 Å². The fraction of sp³-hybridized carbons (Fsp3) is 0.571. The topological polar surface area (TPSA) is 58.2 Å². The van der Waals surface area contributed by atoms with Crippen molar-refractivity contribution < 1.29 is 8.42 Å². The third-order valence-electron chi connectivity index (χ3n) is 2.95. The molecule has 0 atom stereocenters. The molecule has 0 radical (unpaired) electrons. The van der Waals surface area contributed by atoms with Gasteiger partial charge in [-0.15, -0.1) is 0 Å². The van der Waals surface area contributed by atoms with E-state index in [0.29, 0.717) is 6.54 Å². The number of hydrogen-bond donors (Lipinski definition) is 2. The normalized spacial score (nSPS) is 12.7. The maximum absolute atomic E-state index is 12.5. The monoisotopic (exact) mass is 318 g/mol. The highest BCUT2D eigenvalue weighted by atomic mass is 35.5. The minimum absolute atomic E-state index is 0.135. The minimum Gasteiger partial charge on any atom is -0.316 e. The zero-order valence-electron chi connectivity index (χ0n) is 12.5. The van der Waals surface area contributed by atoms with Crippen LogP contribution < -0.4 is 10.0 Å². The first-order valence-electron chi connectivity index (χ1n) is 6.69. The van der Waals surface area contributed by atoms with Crippen molar-refractivity contribution in [1.82, 2.24) is 10.0 Å². The fourth-order valence-electron chi connectivity index (χ4n) is 2.16. The van der Waals surface area contributed by atoms with Crippen LogP contribution in [0.5, 0.6) is 0 Å². The Morgan fingerprint density at radius 1 is 1.30 bits per heavy atom. The summed E-state index contributed by atoms with van der Waals surface area (Å²) in [6, 6.07) is 5.05. The first-order valence-corrected chi connectivity index (χ1v) is 8.55. The Kier molecular flexibility index (Phi) is 6.01. The molecule has 0 fully saturated rings. The van der Waals surface area contributed by atoms with Crippen LogP contribution in [0.1, 0.15) is 39.2 Å². The number of rotatable bonds is 7. The summed E-state index contributed by atoms with van der Waals surface area (Å²) in [6.45, 7) is 6.37. The molecule has 0 bridgehead atoms. The Morgan fingerprint density at radius 2 is 1.95 bits per heavy atom. The zero-order valence-corrected chi connectivity index (χ0v) is 14.0. The molecular weight excluding hydrogens is 296 g/mol. The molecule has 1 aromatic rings. The van der Waals surface area contributed by atoms with Crippen molar-refractivity contribution in [3.8, 4) is 0 Å². The Hall–Kier alpha value is -0.620. The molecule has 0 saturated heterocycles. The maximum atomic E-state index is 12.5. The van der Waals surface area contributed by atoms with Gasteiger partial charge in [0.2, 0.25) is 10.0 Å². The van der Waals surface area contributed by atoms with Gasteiger partial charge in [0.1, 0.15) is 4.90 Å². The summed E-state index contributed by atoms with van der Waals surface area (Å²) in [5.74, 6) is 0. The lowest BCUT2D eigenvalue weighted by atomic mass is 10.0. The van der Waals surface area contributed by atoms with E-state index >= 15 is 0 Å². The average Bonchev–Trinajstić information content (AvgIpc) is 2.30. The molecular formula is C14H23ClN2O2S. The number of benzene rings is 1. The summed E-state index contributed by atoms with van der Waals surface area (Å²) in [5.41, 5.74) is 0.390. The molecule has 0 heterocycles. The van der Waals surface area contributed by atoms with Gasteiger partial charge in [-0.1, -0.05) is 31.0 Å². The number of nitrogens with one attached hydrogen (secondary N) is 2. The molecule has 0 spiro atoms. The molecule has 114 valence electrons. The lowest BCUT2D eigenvalue weighted by Crippen LogP contribution is -2.43. The highest BCUT2D eigenvalue weighted by Crippen LogP contribution is 2.25. The smallest absolute Gasteiger partial charge is 0.242 e. The fourth-order valence-corrected chi connectivity index (χ4v) is 4.16. The van der Waals surface area contributed by atoms with Gasteiger partial charge < -0.3 is 5.32 Å². The SMILES string of the molecule is CCCC(C)(C)NS(=O)(=O)c1cc(CNC)ccc1Cl. The van der Waals surface area contributed by atoms with Gasteiger partial charge in [0.05, 0.1) is 5.02 Å². The second kappa shape index (κ2) is 6.89. The summed E-state index contributed by atoms with van der Waals surface area (Å²) in [5, 5.41) is 3.23. The summed E-state index contributed by atoms with van der Waals surface area (Å²) >= 11 is 6.05. The average molecular weight is 319 g/mol. The summed E-state index contributed by atoms with van der Waals surface area (Å²) < 4.78 is 27.7. The molecule has 1 aromatic carbocycles. The molecule has 0 aliphatic heterocycles. The Bertz CT molecular complexity index is 556. The number of halogens is 1. The van der Waals surface area contributed by atoms with Crippen molar-refractivity contribution >= 4 is 21.6 Å². The van der Waals surface area contributed by atoms with Gasteiger partial charge >= 0.3 is 0 Å². The lowest BCUT2D eigenvalue weighted by molar-refractivity contribution is 0.418. The summed E-state index contributed by atoms with van der Waals surface area (Å²) in [4.78, 5) is 0.135. The van der Waals surface area contributed by atoms with Crippen molar-refractivity contribution in [2.45, 2.75) is 50.6 Å². The first-order chi connectivity index (χ1) is 9.22. The van der Waals surface area contributed by atoms with Crippen molar-refractivity contribution in [1.29, 1.82) is 0 Å². The van der Waals surface area contributed by atoms with Gasteiger partial charge in [-0.05, 0) is 45.0 Å². The minimum atomic E-state index is -3.62. The van der Waals surface area contributed by atoms with E-state index < -0.39 is 15.6 Å². The molecule has 0 saturated carbocycles. The molecule has 0 aliphatic carbocycles. The standard InChI is InChI=1S/C14H23ClN2O2S/c1-5-8-14(2,3)17-20(18,19)13-9-11(10-16-4)6-7-12(13)15/h6-7,9,16-17H,5,8,10H2,1-4H3. The van der Waals surface area contributed by atoms with E-state index in [1.54, 1.807) is 12.1 Å². The van der Waals surface area contributed by atoms with Gasteiger partial charge in [-0.2, -0.15) is 0 Å². The quantitative estimate of drug-likeness (QED) is 0.812. The Morgan fingerprint density at radius 3 is 2.50 bits per heavy atom. The van der Waals surface area contributed by atoms with Crippen molar-refractivity contribution in [3.63, 3.8) is 0 Å². The van der Waals surface area contributed by atoms with Crippen LogP contribution in [0.4, 0.5) is 0 Å². The van der Waals surface area contributed by atoms with E-state index in [1.165, 1.54) is 0 Å². The third kappa shape index (κ3) is 4.74. The molecule has 20 heavy (non-hydrogen) atoms. The molecule has 6 heteroatoms. The highest BCUT2D eigenvalue weighted by molar-refractivity contribution is 7.89. The van der Waals surface area contributed by atoms with Crippen LogP contribution in [0.3, 0.4) is 0 Å². The van der Waals surface area contributed by atoms with Crippen LogP contribution in [0.2, 0.25) is 5.02 Å². The van der Waals surface area contributed by atoms with Crippen LogP contribution >= 0.6 is 11.6 Å². The molecule has 1 rings (SSSR count). The maximum Gasteiger partial charge on any atom is 0.242 e. The highest BCUT2D eigenvalue weighted by Gasteiger charge is 2.27. The van der Waals surface area contributed by atoms with E-state index in [9.17, 15) is 8.42 Å². The largest absolute Gasteiger partial charge is 0.316 e. The molecule has 2 N–H and O–H groups in total. The second-order valence-electron chi connectivity index (χ2n) is 5.53. The van der Waals surface area contributed by atoms with Crippen LogP contribution in [-0.4, -0.2) is 21.0 Å².